The van der Waals surface area contributed by atoms with Crippen LogP contribution in [0, 0.1) is 0 Å². The molecule has 4 nitrogen and oxygen atoms in total. The van der Waals surface area contributed by atoms with Crippen molar-refractivity contribution in [3.8, 4) is 0 Å². The summed E-state index contributed by atoms with van der Waals surface area (Å²) in [6.07, 6.45) is 3.75. The second-order valence-electron chi connectivity index (χ2n) is 4.50. The molecule has 0 aliphatic heterocycles. The molecule has 1 saturated carbocycles. The average molecular weight is 239 g/mol. The molecule has 88 valence electrons. The smallest absolute Gasteiger partial charge is 0.242 e. The number of rotatable bonds is 3. The molecule has 0 unspecified atom stereocenters. The summed E-state index contributed by atoms with van der Waals surface area (Å²) in [4.78, 5) is 18.0. The van der Waals surface area contributed by atoms with Gasteiger partial charge in [-0.2, -0.15) is 0 Å². The number of carbonyl (C=O) groups is 1. The van der Waals surface area contributed by atoms with Gasteiger partial charge in [-0.1, -0.05) is 12.8 Å². The van der Waals surface area contributed by atoms with Crippen molar-refractivity contribution in [2.24, 2.45) is 5.73 Å². The molecule has 2 rings (SSSR count). The molecule has 1 aliphatic rings. The number of nitrogens with zero attached hydrogens (tertiary/aromatic N) is 2. The summed E-state index contributed by atoms with van der Waals surface area (Å²) in [5, 5.41) is 1.96. The number of hydrogen-bond donors (Lipinski definition) is 1. The highest BCUT2D eigenvalue weighted by atomic mass is 32.1. The lowest BCUT2D eigenvalue weighted by molar-refractivity contribution is -0.136. The van der Waals surface area contributed by atoms with Crippen molar-refractivity contribution in [2.45, 2.75) is 37.8 Å². The summed E-state index contributed by atoms with van der Waals surface area (Å²) in [7, 11) is 1.80. The molecule has 0 radical (unpaired) electrons. The third-order valence-electron chi connectivity index (χ3n) is 3.15. The second-order valence-corrected chi connectivity index (χ2v) is 5.22. The highest BCUT2D eigenvalue weighted by molar-refractivity contribution is 7.07. The first-order valence-electron chi connectivity index (χ1n) is 5.53. The topological polar surface area (TPSA) is 59.2 Å². The van der Waals surface area contributed by atoms with Gasteiger partial charge in [0.15, 0.2) is 0 Å². The van der Waals surface area contributed by atoms with Crippen LogP contribution in [0.2, 0.25) is 0 Å². The molecule has 1 aliphatic carbocycles. The van der Waals surface area contributed by atoms with E-state index in [2.05, 4.69) is 4.98 Å². The molecule has 5 heteroatoms. The van der Waals surface area contributed by atoms with Gasteiger partial charge in [-0.05, 0) is 12.8 Å². The van der Waals surface area contributed by atoms with E-state index in [-0.39, 0.29) is 5.91 Å². The second kappa shape index (κ2) is 4.51. The lowest BCUT2D eigenvalue weighted by Crippen LogP contribution is -2.52. The Morgan fingerprint density at radius 1 is 1.62 bits per heavy atom. The number of thiazole rings is 1. The van der Waals surface area contributed by atoms with Crippen LogP contribution in [-0.4, -0.2) is 28.4 Å². The van der Waals surface area contributed by atoms with E-state index >= 15 is 0 Å². The third kappa shape index (κ3) is 2.25. The Balaban J connectivity index is 1.99. The van der Waals surface area contributed by atoms with Crippen LogP contribution in [0.25, 0.3) is 0 Å². The molecule has 0 spiro atoms. The quantitative estimate of drug-likeness (QED) is 0.866. The zero-order valence-electron chi connectivity index (χ0n) is 9.48. The van der Waals surface area contributed by atoms with E-state index in [1.165, 1.54) is 0 Å². The van der Waals surface area contributed by atoms with Crippen LogP contribution in [0.4, 0.5) is 0 Å². The maximum absolute atomic E-state index is 12.2. The van der Waals surface area contributed by atoms with Crippen molar-refractivity contribution < 1.29 is 4.79 Å². The van der Waals surface area contributed by atoms with Crippen LogP contribution in [0.3, 0.4) is 0 Å². The fraction of sp³-hybridized carbons (Fsp3) is 0.636. The van der Waals surface area contributed by atoms with Crippen molar-refractivity contribution in [3.05, 3.63) is 16.6 Å². The van der Waals surface area contributed by atoms with Gasteiger partial charge < -0.3 is 10.6 Å². The number of carbonyl (C=O) groups excluding carboxylic acids is 1. The van der Waals surface area contributed by atoms with Gasteiger partial charge >= 0.3 is 0 Å². The minimum absolute atomic E-state index is 0.0537. The van der Waals surface area contributed by atoms with Crippen molar-refractivity contribution >= 4 is 17.2 Å². The van der Waals surface area contributed by atoms with Gasteiger partial charge in [0.1, 0.15) is 0 Å². The molecule has 1 heterocycles. The maximum atomic E-state index is 12.2. The Bertz CT molecular complexity index is 357. The lowest BCUT2D eigenvalue weighted by Gasteiger charge is -2.28. The van der Waals surface area contributed by atoms with Crippen LogP contribution in [0.15, 0.2) is 10.9 Å². The van der Waals surface area contributed by atoms with Crippen molar-refractivity contribution in [3.63, 3.8) is 0 Å². The molecule has 2 N–H and O–H groups in total. The van der Waals surface area contributed by atoms with E-state index in [0.29, 0.717) is 6.54 Å². The minimum atomic E-state index is -0.620. The Labute approximate surface area is 99.5 Å². The Morgan fingerprint density at radius 3 is 2.88 bits per heavy atom. The highest BCUT2D eigenvalue weighted by Gasteiger charge is 2.38. The zero-order chi connectivity index (χ0) is 11.6. The van der Waals surface area contributed by atoms with Gasteiger partial charge in [-0.25, -0.2) is 4.98 Å². The summed E-state index contributed by atoms with van der Waals surface area (Å²) in [6.45, 7) is 0.557. The van der Waals surface area contributed by atoms with Gasteiger partial charge in [0, 0.05) is 12.4 Å². The minimum Gasteiger partial charge on any atom is -0.338 e. The predicted molar refractivity (Wildman–Crippen MR) is 64.0 cm³/mol. The Morgan fingerprint density at radius 2 is 2.31 bits per heavy atom. The molecule has 16 heavy (non-hydrogen) atoms. The molecule has 0 atom stereocenters. The van der Waals surface area contributed by atoms with E-state index in [9.17, 15) is 4.79 Å². The molecule has 0 bridgehead atoms. The summed E-state index contributed by atoms with van der Waals surface area (Å²) in [5.41, 5.74) is 8.22. The third-order valence-corrected chi connectivity index (χ3v) is 3.79. The van der Waals surface area contributed by atoms with E-state index in [0.717, 1.165) is 31.4 Å². The van der Waals surface area contributed by atoms with Crippen LogP contribution < -0.4 is 5.73 Å². The highest BCUT2D eigenvalue weighted by Crippen LogP contribution is 2.29. The van der Waals surface area contributed by atoms with E-state index < -0.39 is 5.54 Å². The Kier molecular flexibility index (Phi) is 3.25. The molecular weight excluding hydrogens is 222 g/mol. The lowest BCUT2D eigenvalue weighted by atomic mass is 9.97. The van der Waals surface area contributed by atoms with E-state index in [1.807, 2.05) is 5.38 Å². The van der Waals surface area contributed by atoms with Gasteiger partial charge in [-0.3, -0.25) is 4.79 Å². The molecule has 1 aromatic rings. The summed E-state index contributed by atoms with van der Waals surface area (Å²) >= 11 is 1.54. The molecule has 1 aromatic heterocycles. The molecule has 1 amide bonds. The van der Waals surface area contributed by atoms with Crippen LogP contribution in [0.1, 0.15) is 31.4 Å². The largest absolute Gasteiger partial charge is 0.338 e. The standard InChI is InChI=1S/C11H17N3OS/c1-14(6-9-7-16-8-13-9)10(15)11(12)4-2-3-5-11/h7-8H,2-6,12H2,1H3. The number of amides is 1. The Hall–Kier alpha value is -0.940. The number of nitrogens with two attached hydrogens (primary N) is 1. The van der Waals surface area contributed by atoms with Crippen LogP contribution in [0.5, 0.6) is 0 Å². The van der Waals surface area contributed by atoms with Crippen LogP contribution in [-0.2, 0) is 11.3 Å². The predicted octanol–water partition coefficient (Wildman–Crippen LogP) is 1.37. The summed E-state index contributed by atoms with van der Waals surface area (Å²) < 4.78 is 0. The van der Waals surface area contributed by atoms with E-state index in [4.69, 9.17) is 5.73 Å². The number of hydrogen-bond acceptors (Lipinski definition) is 4. The summed E-state index contributed by atoms with van der Waals surface area (Å²) in [6, 6.07) is 0. The molecular formula is C11H17N3OS. The first kappa shape index (κ1) is 11.5. The fourth-order valence-corrected chi connectivity index (χ4v) is 2.78. The number of aromatic nitrogens is 1. The monoisotopic (exact) mass is 239 g/mol. The van der Waals surface area contributed by atoms with Crippen LogP contribution >= 0.6 is 11.3 Å². The fourth-order valence-electron chi connectivity index (χ4n) is 2.23. The van der Waals surface area contributed by atoms with Gasteiger partial charge in [-0.15, -0.1) is 11.3 Å². The van der Waals surface area contributed by atoms with Gasteiger partial charge in [0.25, 0.3) is 0 Å². The molecule has 1 fully saturated rings. The van der Waals surface area contributed by atoms with Crippen molar-refractivity contribution in [1.82, 2.24) is 9.88 Å². The van der Waals surface area contributed by atoms with Crippen molar-refractivity contribution in [1.29, 1.82) is 0 Å². The maximum Gasteiger partial charge on any atom is 0.242 e. The molecule has 0 saturated heterocycles. The zero-order valence-corrected chi connectivity index (χ0v) is 10.3. The SMILES string of the molecule is CN(Cc1cscn1)C(=O)C1(N)CCCC1. The van der Waals surface area contributed by atoms with E-state index in [1.54, 1.807) is 28.8 Å². The summed E-state index contributed by atoms with van der Waals surface area (Å²) in [5.74, 6) is 0.0537. The average Bonchev–Trinajstić information content (AvgIpc) is 2.89. The first-order chi connectivity index (χ1) is 7.62. The number of likely N-dealkylation sites (N-methyl/N-ethyl adjacent to an activating group) is 1. The normalized spacial score (nSPS) is 18.6. The van der Waals surface area contributed by atoms with Crippen molar-refractivity contribution in [2.75, 3.05) is 7.05 Å². The van der Waals surface area contributed by atoms with Gasteiger partial charge in [0.2, 0.25) is 5.91 Å². The molecule has 0 aromatic carbocycles. The van der Waals surface area contributed by atoms with Gasteiger partial charge in [0.05, 0.1) is 23.3 Å². The first-order valence-corrected chi connectivity index (χ1v) is 6.48.